The third kappa shape index (κ3) is 2.73. The van der Waals surface area contributed by atoms with E-state index in [4.69, 9.17) is 27.2 Å². The van der Waals surface area contributed by atoms with Gasteiger partial charge in [-0.05, 0) is 36.4 Å². The molecule has 2 rings (SSSR count). The molecule has 0 aromatic heterocycles. The van der Waals surface area contributed by atoms with Gasteiger partial charge in [-0.15, -0.1) is 0 Å². The minimum Gasteiger partial charge on any atom is -0.478 e. The molecule has 0 heterocycles. The Morgan fingerprint density at radius 3 is 2.61 bits per heavy atom. The second-order valence-electron chi connectivity index (χ2n) is 3.62. The first-order valence-electron chi connectivity index (χ1n) is 5.12. The second-order valence-corrected chi connectivity index (χ2v) is 4.05. The Hall–Kier alpha value is -2.20. The molecule has 0 aliphatic heterocycles. The van der Waals surface area contributed by atoms with Crippen LogP contribution in [0.15, 0.2) is 42.5 Å². The maximum absolute atomic E-state index is 10.8. The fourth-order valence-electron chi connectivity index (χ4n) is 1.43. The average molecular weight is 264 g/mol. The molecule has 0 unspecified atom stereocenters. The minimum atomic E-state index is -1.03. The Kier molecular flexibility index (Phi) is 3.39. The van der Waals surface area contributed by atoms with Gasteiger partial charge < -0.3 is 15.6 Å². The summed E-state index contributed by atoms with van der Waals surface area (Å²) in [6, 6.07) is 11.1. The number of carboxylic acid groups (broad SMARTS) is 1. The summed E-state index contributed by atoms with van der Waals surface area (Å²) in [5.74, 6) is -0.101. The van der Waals surface area contributed by atoms with Crippen LogP contribution in [0.1, 0.15) is 10.4 Å². The van der Waals surface area contributed by atoms with E-state index >= 15 is 0 Å². The van der Waals surface area contributed by atoms with E-state index in [1.165, 1.54) is 18.2 Å². The van der Waals surface area contributed by atoms with Crippen molar-refractivity contribution < 1.29 is 14.6 Å². The molecule has 92 valence electrons. The zero-order valence-electron chi connectivity index (χ0n) is 9.26. The van der Waals surface area contributed by atoms with E-state index < -0.39 is 5.97 Å². The molecule has 4 nitrogen and oxygen atoms in total. The summed E-state index contributed by atoms with van der Waals surface area (Å²) in [5.41, 5.74) is 6.10. The quantitative estimate of drug-likeness (QED) is 0.833. The summed E-state index contributed by atoms with van der Waals surface area (Å²) in [6.07, 6.45) is 0. The van der Waals surface area contributed by atoms with Crippen LogP contribution in [0.2, 0.25) is 5.02 Å². The lowest BCUT2D eigenvalue weighted by atomic mass is 10.2. The maximum Gasteiger partial charge on any atom is 0.335 e. The number of ether oxygens (including phenoxy) is 1. The number of aromatic carboxylic acids is 1. The van der Waals surface area contributed by atoms with Gasteiger partial charge in [-0.2, -0.15) is 0 Å². The number of carboxylic acids is 1. The van der Waals surface area contributed by atoms with Crippen molar-refractivity contribution in [3.63, 3.8) is 0 Å². The average Bonchev–Trinajstić information content (AvgIpc) is 2.31. The number of anilines is 1. The summed E-state index contributed by atoms with van der Waals surface area (Å²) in [4.78, 5) is 10.8. The van der Waals surface area contributed by atoms with E-state index in [0.29, 0.717) is 16.5 Å². The van der Waals surface area contributed by atoms with Gasteiger partial charge in [0.1, 0.15) is 11.5 Å². The highest BCUT2D eigenvalue weighted by Gasteiger charge is 2.08. The van der Waals surface area contributed by atoms with Crippen LogP contribution in [0.4, 0.5) is 5.69 Å². The monoisotopic (exact) mass is 263 g/mol. The fraction of sp³-hybridized carbons (Fsp3) is 0. The molecule has 18 heavy (non-hydrogen) atoms. The number of halogens is 1. The normalized spacial score (nSPS) is 10.1. The number of nitrogen functional groups attached to an aromatic ring is 1. The van der Waals surface area contributed by atoms with E-state index in [0.717, 1.165) is 0 Å². The number of benzene rings is 2. The first-order chi connectivity index (χ1) is 8.56. The van der Waals surface area contributed by atoms with E-state index in [2.05, 4.69) is 0 Å². The third-order valence-electron chi connectivity index (χ3n) is 2.28. The van der Waals surface area contributed by atoms with Crippen LogP contribution in [0.3, 0.4) is 0 Å². The van der Waals surface area contributed by atoms with Gasteiger partial charge in [0.15, 0.2) is 0 Å². The number of hydrogen-bond acceptors (Lipinski definition) is 3. The number of hydrogen-bond donors (Lipinski definition) is 2. The van der Waals surface area contributed by atoms with Gasteiger partial charge in [0, 0.05) is 5.02 Å². The van der Waals surface area contributed by atoms with Gasteiger partial charge in [0.25, 0.3) is 0 Å². The van der Waals surface area contributed by atoms with Crippen LogP contribution >= 0.6 is 11.6 Å². The summed E-state index contributed by atoms with van der Waals surface area (Å²) in [5, 5.41) is 9.36. The first kappa shape index (κ1) is 12.3. The molecule has 0 spiro atoms. The van der Waals surface area contributed by atoms with Crippen molar-refractivity contribution >= 4 is 23.3 Å². The van der Waals surface area contributed by atoms with E-state index in [1.807, 2.05) is 0 Å². The number of carbonyl (C=O) groups is 1. The number of nitrogens with two attached hydrogens (primary N) is 1. The van der Waals surface area contributed by atoms with Gasteiger partial charge in [0.2, 0.25) is 0 Å². The van der Waals surface area contributed by atoms with Crippen LogP contribution in [0.25, 0.3) is 0 Å². The lowest BCUT2D eigenvalue weighted by Gasteiger charge is -2.09. The molecule has 3 N–H and O–H groups in total. The van der Waals surface area contributed by atoms with E-state index in [-0.39, 0.29) is 11.3 Å². The van der Waals surface area contributed by atoms with Crippen molar-refractivity contribution in [3.8, 4) is 11.5 Å². The molecule has 0 radical (unpaired) electrons. The Balaban J connectivity index is 2.27. The largest absolute Gasteiger partial charge is 0.478 e. The van der Waals surface area contributed by atoms with E-state index in [9.17, 15) is 4.79 Å². The third-order valence-corrected chi connectivity index (χ3v) is 2.52. The van der Waals surface area contributed by atoms with Crippen molar-refractivity contribution in [1.82, 2.24) is 0 Å². The Labute approximate surface area is 109 Å². The molecule has 0 atom stereocenters. The molecule has 0 saturated carbocycles. The highest BCUT2D eigenvalue weighted by atomic mass is 35.5. The summed E-state index contributed by atoms with van der Waals surface area (Å²) < 4.78 is 5.52. The molecule has 0 bridgehead atoms. The smallest absolute Gasteiger partial charge is 0.335 e. The standard InChI is InChI=1S/C13H10ClNO3/c14-9-2-1-3-10(7-9)18-12-5-4-8(13(16)17)6-11(12)15/h1-7H,15H2,(H,16,17). The fourth-order valence-corrected chi connectivity index (χ4v) is 1.61. The van der Waals surface area contributed by atoms with Gasteiger partial charge in [-0.25, -0.2) is 4.79 Å². The Morgan fingerprint density at radius 2 is 2.00 bits per heavy atom. The van der Waals surface area contributed by atoms with Crippen molar-refractivity contribution in [1.29, 1.82) is 0 Å². The molecule has 2 aromatic rings. The van der Waals surface area contributed by atoms with E-state index in [1.54, 1.807) is 24.3 Å². The molecule has 5 heteroatoms. The lowest BCUT2D eigenvalue weighted by molar-refractivity contribution is 0.0697. The Bertz CT molecular complexity index is 599. The zero-order chi connectivity index (χ0) is 13.1. The Morgan fingerprint density at radius 1 is 1.22 bits per heavy atom. The molecule has 0 saturated heterocycles. The SMILES string of the molecule is Nc1cc(C(=O)O)ccc1Oc1cccc(Cl)c1. The molecule has 2 aromatic carbocycles. The zero-order valence-corrected chi connectivity index (χ0v) is 10.0. The second kappa shape index (κ2) is 4.98. The predicted octanol–water partition coefficient (Wildman–Crippen LogP) is 3.41. The summed E-state index contributed by atoms with van der Waals surface area (Å²) in [6.45, 7) is 0. The number of rotatable bonds is 3. The minimum absolute atomic E-state index is 0.117. The predicted molar refractivity (Wildman–Crippen MR) is 69.3 cm³/mol. The van der Waals surface area contributed by atoms with Crippen molar-refractivity contribution in [2.24, 2.45) is 0 Å². The van der Waals surface area contributed by atoms with Crippen LogP contribution in [0, 0.1) is 0 Å². The topological polar surface area (TPSA) is 72.6 Å². The summed E-state index contributed by atoms with van der Waals surface area (Å²) >= 11 is 5.83. The van der Waals surface area contributed by atoms with Crippen LogP contribution in [0.5, 0.6) is 11.5 Å². The van der Waals surface area contributed by atoms with Crippen LogP contribution in [-0.2, 0) is 0 Å². The van der Waals surface area contributed by atoms with Gasteiger partial charge >= 0.3 is 5.97 Å². The van der Waals surface area contributed by atoms with Crippen LogP contribution in [-0.4, -0.2) is 11.1 Å². The molecule has 0 aliphatic carbocycles. The molecule has 0 fully saturated rings. The van der Waals surface area contributed by atoms with Crippen molar-refractivity contribution in [2.45, 2.75) is 0 Å². The van der Waals surface area contributed by atoms with Crippen LogP contribution < -0.4 is 10.5 Å². The highest BCUT2D eigenvalue weighted by Crippen LogP contribution is 2.29. The van der Waals surface area contributed by atoms with Crippen molar-refractivity contribution in [2.75, 3.05) is 5.73 Å². The van der Waals surface area contributed by atoms with Gasteiger partial charge in [0.05, 0.1) is 11.3 Å². The molecule has 0 amide bonds. The molecule has 0 aliphatic rings. The maximum atomic E-state index is 10.8. The first-order valence-corrected chi connectivity index (χ1v) is 5.50. The summed E-state index contributed by atoms with van der Waals surface area (Å²) in [7, 11) is 0. The lowest BCUT2D eigenvalue weighted by Crippen LogP contribution is -1.99. The van der Waals surface area contributed by atoms with Gasteiger partial charge in [-0.1, -0.05) is 17.7 Å². The van der Waals surface area contributed by atoms with Crippen molar-refractivity contribution in [3.05, 3.63) is 53.1 Å². The molecular formula is C13H10ClNO3. The van der Waals surface area contributed by atoms with Gasteiger partial charge in [-0.3, -0.25) is 0 Å². The molecular weight excluding hydrogens is 254 g/mol. The highest BCUT2D eigenvalue weighted by molar-refractivity contribution is 6.30.